The number of piperidine rings is 1. The van der Waals surface area contributed by atoms with Gasteiger partial charge in [-0.05, 0) is 44.4 Å². The monoisotopic (exact) mass is 373 g/mol. The molecule has 0 aliphatic carbocycles. The largest absolute Gasteiger partial charge is 0.397 e. The number of hydrogen-bond donors (Lipinski definition) is 1. The second kappa shape index (κ2) is 7.63. The van der Waals surface area contributed by atoms with Crippen molar-refractivity contribution in [2.75, 3.05) is 18.8 Å². The lowest BCUT2D eigenvalue weighted by Crippen LogP contribution is -2.40. The van der Waals surface area contributed by atoms with Crippen LogP contribution in [-0.4, -0.2) is 28.9 Å². The van der Waals surface area contributed by atoms with E-state index >= 15 is 0 Å². The molecule has 1 amide bonds. The molecule has 4 nitrogen and oxygen atoms in total. The van der Waals surface area contributed by atoms with E-state index in [2.05, 4.69) is 31.2 Å². The zero-order chi connectivity index (χ0) is 19.7. The molecule has 0 spiro atoms. The van der Waals surface area contributed by atoms with Gasteiger partial charge in [0.05, 0.1) is 22.8 Å². The summed E-state index contributed by atoms with van der Waals surface area (Å²) < 4.78 is 0. The Kier molecular flexibility index (Phi) is 5.03. The Morgan fingerprint density at radius 3 is 2.50 bits per heavy atom. The molecule has 1 aromatic heterocycles. The smallest absolute Gasteiger partial charge is 0.229 e. The van der Waals surface area contributed by atoms with E-state index in [9.17, 15) is 4.79 Å². The van der Waals surface area contributed by atoms with Gasteiger partial charge in [-0.15, -0.1) is 0 Å². The van der Waals surface area contributed by atoms with Gasteiger partial charge in [-0.25, -0.2) is 0 Å². The first kappa shape index (κ1) is 18.5. The molecular formula is C24H27N3O. The molecule has 144 valence electrons. The van der Waals surface area contributed by atoms with Crippen molar-refractivity contribution in [1.82, 2.24) is 9.88 Å². The molecule has 1 saturated heterocycles. The number of amides is 1. The number of carbonyl (C=O) groups excluding carboxylic acids is 1. The summed E-state index contributed by atoms with van der Waals surface area (Å²) in [4.78, 5) is 19.8. The Hall–Kier alpha value is -2.88. The average molecular weight is 374 g/mol. The fourth-order valence-electron chi connectivity index (χ4n) is 4.12. The molecule has 4 heteroatoms. The molecule has 0 radical (unpaired) electrons. The van der Waals surface area contributed by atoms with Gasteiger partial charge >= 0.3 is 0 Å². The standard InChI is InChI=1S/C24H27N3O/c1-16-7-9-18(10-8-16)17(2)24(28)27-13-11-19(12-14-27)23-21(25)15-20-5-3-4-6-22(20)26-23/h3-10,15,17,19H,11-14,25H2,1-2H3. The molecule has 2 heterocycles. The summed E-state index contributed by atoms with van der Waals surface area (Å²) in [6, 6.07) is 18.4. The predicted octanol–water partition coefficient (Wildman–Crippen LogP) is 4.64. The summed E-state index contributed by atoms with van der Waals surface area (Å²) in [5.41, 5.74) is 11.3. The Labute approximate surface area is 166 Å². The maximum atomic E-state index is 13.0. The number of likely N-dealkylation sites (tertiary alicyclic amines) is 1. The Balaban J connectivity index is 1.45. The zero-order valence-electron chi connectivity index (χ0n) is 16.6. The van der Waals surface area contributed by atoms with E-state index in [-0.39, 0.29) is 11.8 Å². The minimum Gasteiger partial charge on any atom is -0.397 e. The van der Waals surface area contributed by atoms with Crippen LogP contribution in [0.25, 0.3) is 10.9 Å². The number of benzene rings is 2. The number of carbonyl (C=O) groups is 1. The van der Waals surface area contributed by atoms with Crippen molar-refractivity contribution in [1.29, 1.82) is 0 Å². The number of aromatic nitrogens is 1. The van der Waals surface area contributed by atoms with Crippen LogP contribution >= 0.6 is 0 Å². The van der Waals surface area contributed by atoms with E-state index in [0.717, 1.165) is 53.8 Å². The number of nitrogens with two attached hydrogens (primary N) is 1. The Morgan fingerprint density at radius 1 is 1.11 bits per heavy atom. The number of nitrogen functional groups attached to an aromatic ring is 1. The minimum atomic E-state index is -0.110. The van der Waals surface area contributed by atoms with Crippen molar-refractivity contribution >= 4 is 22.5 Å². The maximum absolute atomic E-state index is 13.0. The fraction of sp³-hybridized carbons (Fsp3) is 0.333. The number of hydrogen-bond acceptors (Lipinski definition) is 3. The van der Waals surface area contributed by atoms with Crippen LogP contribution in [0.2, 0.25) is 0 Å². The first-order valence-electron chi connectivity index (χ1n) is 10.0. The lowest BCUT2D eigenvalue weighted by atomic mass is 9.90. The summed E-state index contributed by atoms with van der Waals surface area (Å²) in [6.07, 6.45) is 1.81. The number of pyridine rings is 1. The lowest BCUT2D eigenvalue weighted by molar-refractivity contribution is -0.133. The van der Waals surface area contributed by atoms with Crippen LogP contribution in [0, 0.1) is 6.92 Å². The van der Waals surface area contributed by atoms with E-state index in [1.807, 2.05) is 42.2 Å². The molecule has 2 aromatic carbocycles. The number of rotatable bonds is 3. The number of nitrogens with zero attached hydrogens (tertiary/aromatic N) is 2. The van der Waals surface area contributed by atoms with Gasteiger partial charge < -0.3 is 10.6 Å². The maximum Gasteiger partial charge on any atom is 0.229 e. The highest BCUT2D eigenvalue weighted by molar-refractivity contribution is 5.84. The quantitative estimate of drug-likeness (QED) is 0.728. The number of anilines is 1. The zero-order valence-corrected chi connectivity index (χ0v) is 16.6. The third-order valence-electron chi connectivity index (χ3n) is 5.93. The van der Waals surface area contributed by atoms with Gasteiger partial charge in [0.1, 0.15) is 0 Å². The van der Waals surface area contributed by atoms with Crippen LogP contribution in [0.3, 0.4) is 0 Å². The average Bonchev–Trinajstić information content (AvgIpc) is 2.73. The van der Waals surface area contributed by atoms with Crippen LogP contribution in [0.1, 0.15) is 48.4 Å². The Morgan fingerprint density at radius 2 is 1.79 bits per heavy atom. The van der Waals surface area contributed by atoms with Crippen molar-refractivity contribution in [2.24, 2.45) is 0 Å². The van der Waals surface area contributed by atoms with Gasteiger partial charge in [-0.3, -0.25) is 9.78 Å². The van der Waals surface area contributed by atoms with Crippen molar-refractivity contribution in [3.05, 3.63) is 71.4 Å². The first-order chi connectivity index (χ1) is 13.5. The van der Waals surface area contributed by atoms with E-state index in [4.69, 9.17) is 10.7 Å². The van der Waals surface area contributed by atoms with Gasteiger partial charge in [-0.2, -0.15) is 0 Å². The van der Waals surface area contributed by atoms with Gasteiger partial charge in [0.25, 0.3) is 0 Å². The van der Waals surface area contributed by atoms with E-state index < -0.39 is 0 Å². The Bertz CT molecular complexity index is 988. The number of para-hydroxylation sites is 1. The highest BCUT2D eigenvalue weighted by Crippen LogP contribution is 2.33. The fourth-order valence-corrected chi connectivity index (χ4v) is 4.12. The molecule has 1 fully saturated rings. The number of fused-ring (bicyclic) bond motifs is 1. The summed E-state index contributed by atoms with van der Waals surface area (Å²) in [5.74, 6) is 0.408. The second-order valence-electron chi connectivity index (χ2n) is 7.89. The van der Waals surface area contributed by atoms with Crippen molar-refractivity contribution in [2.45, 2.75) is 38.5 Å². The van der Waals surface area contributed by atoms with Crippen LogP contribution in [0.4, 0.5) is 5.69 Å². The van der Waals surface area contributed by atoms with Crippen LogP contribution in [0.5, 0.6) is 0 Å². The minimum absolute atomic E-state index is 0.110. The van der Waals surface area contributed by atoms with Gasteiger partial charge in [0.15, 0.2) is 0 Å². The molecule has 28 heavy (non-hydrogen) atoms. The molecule has 0 bridgehead atoms. The SMILES string of the molecule is Cc1ccc(C(C)C(=O)N2CCC(c3nc4ccccc4cc3N)CC2)cc1. The lowest BCUT2D eigenvalue weighted by Gasteiger charge is -2.34. The van der Waals surface area contributed by atoms with E-state index in [1.165, 1.54) is 5.56 Å². The highest BCUT2D eigenvalue weighted by Gasteiger charge is 2.28. The number of aryl methyl sites for hydroxylation is 1. The third-order valence-corrected chi connectivity index (χ3v) is 5.93. The molecule has 1 aliphatic heterocycles. The van der Waals surface area contributed by atoms with Crippen LogP contribution in [0.15, 0.2) is 54.6 Å². The summed E-state index contributed by atoms with van der Waals surface area (Å²) in [6.45, 7) is 5.58. The normalized spacial score (nSPS) is 16.3. The van der Waals surface area contributed by atoms with E-state index in [0.29, 0.717) is 5.92 Å². The molecule has 1 atom stereocenters. The van der Waals surface area contributed by atoms with Crippen LogP contribution in [-0.2, 0) is 4.79 Å². The third kappa shape index (κ3) is 3.59. The van der Waals surface area contributed by atoms with Crippen molar-refractivity contribution in [3.8, 4) is 0 Å². The molecular weight excluding hydrogens is 346 g/mol. The second-order valence-corrected chi connectivity index (χ2v) is 7.89. The molecule has 1 aliphatic rings. The van der Waals surface area contributed by atoms with Gasteiger partial charge in [-0.1, -0.05) is 48.0 Å². The summed E-state index contributed by atoms with van der Waals surface area (Å²) >= 11 is 0. The molecule has 3 aromatic rings. The summed E-state index contributed by atoms with van der Waals surface area (Å²) in [7, 11) is 0. The van der Waals surface area contributed by atoms with Crippen molar-refractivity contribution in [3.63, 3.8) is 0 Å². The van der Waals surface area contributed by atoms with E-state index in [1.54, 1.807) is 0 Å². The van der Waals surface area contributed by atoms with Crippen molar-refractivity contribution < 1.29 is 4.79 Å². The molecule has 2 N–H and O–H groups in total. The molecule has 1 unspecified atom stereocenters. The van der Waals surface area contributed by atoms with Crippen LogP contribution < -0.4 is 5.73 Å². The first-order valence-corrected chi connectivity index (χ1v) is 10.0. The highest BCUT2D eigenvalue weighted by atomic mass is 16.2. The van der Waals surface area contributed by atoms with Gasteiger partial charge in [0.2, 0.25) is 5.91 Å². The molecule has 4 rings (SSSR count). The molecule has 0 saturated carbocycles. The predicted molar refractivity (Wildman–Crippen MR) is 114 cm³/mol. The summed E-state index contributed by atoms with van der Waals surface area (Å²) in [5, 5.41) is 1.07. The van der Waals surface area contributed by atoms with Gasteiger partial charge in [0, 0.05) is 24.4 Å². The topological polar surface area (TPSA) is 59.2 Å².